The van der Waals surface area contributed by atoms with E-state index in [1.54, 1.807) is 0 Å². The Morgan fingerprint density at radius 3 is 2.43 bits per heavy atom. The number of nitrogens with one attached hydrogen (secondary N) is 2. The summed E-state index contributed by atoms with van der Waals surface area (Å²) in [4.78, 5) is 28.4. The van der Waals surface area contributed by atoms with Gasteiger partial charge in [0.1, 0.15) is 23.1 Å². The van der Waals surface area contributed by atoms with Crippen LogP contribution in [0, 0.1) is 0 Å². The first-order valence-corrected chi connectivity index (χ1v) is 10.6. The fraction of sp³-hybridized carbons (Fsp3) is 0.350. The zero-order chi connectivity index (χ0) is 25.6. The van der Waals surface area contributed by atoms with Gasteiger partial charge in [0, 0.05) is 29.4 Å². The summed E-state index contributed by atoms with van der Waals surface area (Å²) in [6.07, 6.45) is -8.13. The molecule has 1 aromatic heterocycles. The normalized spacial score (nSPS) is 22.7. The number of carbonyl (C=O) groups excluding carboxylic acids is 1. The minimum atomic E-state index is -4.94. The molecule has 7 nitrogen and oxygen atoms in total. The van der Waals surface area contributed by atoms with Crippen LogP contribution < -0.4 is 10.8 Å². The molecule has 186 valence electrons. The lowest BCUT2D eigenvalue weighted by Crippen LogP contribution is -2.44. The number of hydrogen-bond acceptors (Lipinski definition) is 6. The molecule has 0 aliphatic carbocycles. The summed E-state index contributed by atoms with van der Waals surface area (Å²) in [7, 11) is 0. The monoisotopic (exact) mass is 537 g/mol. The number of nitrogens with zero attached hydrogens (tertiary/aromatic N) is 3. The molecule has 15 heteroatoms. The molecule has 0 radical (unpaired) electrons. The van der Waals surface area contributed by atoms with Crippen LogP contribution >= 0.6 is 23.8 Å². The number of halogens is 7. The summed E-state index contributed by atoms with van der Waals surface area (Å²) in [5, 5.41) is 2.27. The molecule has 2 aliphatic heterocycles. The van der Waals surface area contributed by atoms with E-state index in [0.717, 1.165) is 6.07 Å². The lowest BCUT2D eigenvalue weighted by Gasteiger charge is -2.32. The Labute approximate surface area is 203 Å². The summed E-state index contributed by atoms with van der Waals surface area (Å²) < 4.78 is 82.4. The lowest BCUT2D eigenvalue weighted by molar-refractivity contribution is -0.184. The van der Waals surface area contributed by atoms with Gasteiger partial charge in [-0.3, -0.25) is 14.6 Å². The number of amides is 1. The van der Waals surface area contributed by atoms with E-state index in [1.807, 2.05) is 0 Å². The molecule has 1 saturated heterocycles. The molecule has 2 aromatic rings. The fourth-order valence-corrected chi connectivity index (χ4v) is 4.12. The number of aliphatic imine (C=N–C) groups is 1. The van der Waals surface area contributed by atoms with E-state index in [1.165, 1.54) is 12.4 Å². The third-order valence-corrected chi connectivity index (χ3v) is 6.12. The Kier molecular flexibility index (Phi) is 6.49. The highest BCUT2D eigenvalue weighted by Crippen LogP contribution is 2.49. The summed E-state index contributed by atoms with van der Waals surface area (Å²) in [6, 6.07) is 1.13. The van der Waals surface area contributed by atoms with Crippen molar-refractivity contribution in [1.82, 2.24) is 20.8 Å². The molecule has 1 aromatic carbocycles. The topological polar surface area (TPSA) is 88.5 Å². The lowest BCUT2D eigenvalue weighted by atomic mass is 9.76. The highest BCUT2D eigenvalue weighted by molar-refractivity contribution is 7.80. The quantitative estimate of drug-likeness (QED) is 0.458. The smallest absolute Gasteiger partial charge is 0.362 e. The van der Waals surface area contributed by atoms with Crippen molar-refractivity contribution in [3.63, 3.8) is 0 Å². The largest absolute Gasteiger partial charge is 0.416 e. The van der Waals surface area contributed by atoms with E-state index < -0.39 is 58.8 Å². The number of benzene rings is 1. The Hall–Kier alpha value is -2.84. The Bertz CT molecular complexity index is 1200. The van der Waals surface area contributed by atoms with Gasteiger partial charge in [-0.15, -0.1) is 0 Å². The highest BCUT2D eigenvalue weighted by Gasteiger charge is 2.59. The second-order valence-corrected chi connectivity index (χ2v) is 8.69. The second kappa shape index (κ2) is 8.99. The summed E-state index contributed by atoms with van der Waals surface area (Å²) >= 11 is 10.9. The minimum Gasteiger partial charge on any atom is -0.362 e. The number of alkyl halides is 6. The van der Waals surface area contributed by atoms with Gasteiger partial charge in [-0.2, -0.15) is 26.3 Å². The Morgan fingerprint density at radius 2 is 1.86 bits per heavy atom. The number of aromatic nitrogens is 2. The van der Waals surface area contributed by atoms with Crippen LogP contribution in [-0.2, 0) is 21.2 Å². The molecule has 3 heterocycles. The van der Waals surface area contributed by atoms with Crippen molar-refractivity contribution in [3.05, 3.63) is 58.1 Å². The molecule has 2 N–H and O–H groups in total. The van der Waals surface area contributed by atoms with Gasteiger partial charge in [-0.25, -0.2) is 15.4 Å². The minimum absolute atomic E-state index is 0.0355. The molecule has 0 saturated carbocycles. The zero-order valence-corrected chi connectivity index (χ0v) is 18.9. The average Bonchev–Trinajstić information content (AvgIpc) is 3.40. The van der Waals surface area contributed by atoms with Crippen molar-refractivity contribution >= 4 is 40.4 Å². The van der Waals surface area contributed by atoms with Gasteiger partial charge in [-0.05, 0) is 23.8 Å². The van der Waals surface area contributed by atoms with Crippen LogP contribution in [0.3, 0.4) is 0 Å². The molecule has 2 aliphatic rings. The zero-order valence-electron chi connectivity index (χ0n) is 17.3. The fourth-order valence-electron chi connectivity index (χ4n) is 3.64. The van der Waals surface area contributed by atoms with Crippen LogP contribution in [0.15, 0.2) is 35.6 Å². The number of carbonyl (C=O) groups is 1. The molecule has 1 fully saturated rings. The standard InChI is InChI=1S/C20H14ClF6N5O2S/c21-12-2-10(1-11(3-12)19(22,23)24)18(20(25,26)27)4-13(30-8-18)15-28-5-9(6-29-15)17(35)31-14-7-34-32-16(14)33/h1-3,5-6,14H,4,7-8H2,(H,31,35)(H,32,33). The van der Waals surface area contributed by atoms with Crippen molar-refractivity contribution in [3.8, 4) is 0 Å². The van der Waals surface area contributed by atoms with E-state index >= 15 is 0 Å². The summed E-state index contributed by atoms with van der Waals surface area (Å²) in [6.45, 7) is -0.820. The first kappa shape index (κ1) is 25.3. The first-order valence-electron chi connectivity index (χ1n) is 9.83. The van der Waals surface area contributed by atoms with Crippen molar-refractivity contribution in [2.75, 3.05) is 13.2 Å². The van der Waals surface area contributed by atoms with E-state index in [4.69, 9.17) is 28.7 Å². The van der Waals surface area contributed by atoms with Gasteiger partial charge in [-0.1, -0.05) is 23.8 Å². The van der Waals surface area contributed by atoms with Crippen LogP contribution in [0.5, 0.6) is 0 Å². The predicted molar refractivity (Wildman–Crippen MR) is 115 cm³/mol. The van der Waals surface area contributed by atoms with Crippen molar-refractivity contribution in [2.24, 2.45) is 4.99 Å². The molecule has 0 bridgehead atoms. The molecule has 2 unspecified atom stereocenters. The number of hydrogen-bond donors (Lipinski definition) is 2. The van der Waals surface area contributed by atoms with Crippen molar-refractivity contribution < 1.29 is 36.0 Å². The first-order chi connectivity index (χ1) is 16.3. The maximum atomic E-state index is 14.2. The van der Waals surface area contributed by atoms with Crippen LogP contribution in [0.25, 0.3) is 0 Å². The molecule has 35 heavy (non-hydrogen) atoms. The SMILES string of the molecule is O=C1NOCC1NC(=S)c1cnc(C2=NCC(c3cc(Cl)cc(C(F)(F)F)c3)(C(F)(F)F)C2)nc1. The van der Waals surface area contributed by atoms with Gasteiger partial charge in [0.05, 0.1) is 17.8 Å². The Morgan fingerprint density at radius 1 is 1.17 bits per heavy atom. The van der Waals surface area contributed by atoms with Gasteiger partial charge in [0.2, 0.25) is 0 Å². The summed E-state index contributed by atoms with van der Waals surface area (Å²) in [5.41, 5.74) is -2.37. The van der Waals surface area contributed by atoms with E-state index in [9.17, 15) is 31.1 Å². The van der Waals surface area contributed by atoms with Crippen molar-refractivity contribution in [1.29, 1.82) is 0 Å². The van der Waals surface area contributed by atoms with Crippen LogP contribution in [0.1, 0.15) is 28.9 Å². The molecular weight excluding hydrogens is 524 g/mol. The second-order valence-electron chi connectivity index (χ2n) is 7.84. The van der Waals surface area contributed by atoms with Gasteiger partial charge >= 0.3 is 12.4 Å². The average molecular weight is 538 g/mol. The van der Waals surface area contributed by atoms with Gasteiger partial charge < -0.3 is 5.32 Å². The predicted octanol–water partition coefficient (Wildman–Crippen LogP) is 3.54. The van der Waals surface area contributed by atoms with E-state index in [-0.39, 0.29) is 28.7 Å². The molecule has 4 rings (SSSR count). The molecule has 0 spiro atoms. The van der Waals surface area contributed by atoms with E-state index in [2.05, 4.69) is 25.8 Å². The number of rotatable bonds is 4. The van der Waals surface area contributed by atoms with Crippen LogP contribution in [0.2, 0.25) is 5.02 Å². The maximum absolute atomic E-state index is 14.2. The third kappa shape index (κ3) is 4.95. The van der Waals surface area contributed by atoms with Crippen LogP contribution in [-0.4, -0.2) is 51.9 Å². The maximum Gasteiger partial charge on any atom is 0.416 e. The highest BCUT2D eigenvalue weighted by atomic mass is 35.5. The third-order valence-electron chi connectivity index (χ3n) is 5.55. The molecular formula is C20H14ClF6N5O2S. The van der Waals surface area contributed by atoms with E-state index in [0.29, 0.717) is 12.1 Å². The molecule has 2 atom stereocenters. The van der Waals surface area contributed by atoms with Gasteiger partial charge in [0.25, 0.3) is 5.91 Å². The van der Waals surface area contributed by atoms with Crippen LogP contribution in [0.4, 0.5) is 26.3 Å². The van der Waals surface area contributed by atoms with Gasteiger partial charge in [0.15, 0.2) is 5.82 Å². The summed E-state index contributed by atoms with van der Waals surface area (Å²) in [5.74, 6) is -0.564. The molecule has 1 amide bonds. The number of thiocarbonyl (C=S) groups is 1. The Balaban J connectivity index is 1.58. The number of hydroxylamine groups is 1. The van der Waals surface area contributed by atoms with Crippen molar-refractivity contribution in [2.45, 2.75) is 30.2 Å².